The minimum atomic E-state index is -0.282. The van der Waals surface area contributed by atoms with Gasteiger partial charge in [-0.15, -0.1) is 11.3 Å². The van der Waals surface area contributed by atoms with Crippen molar-refractivity contribution in [2.24, 2.45) is 4.99 Å². The van der Waals surface area contributed by atoms with Crippen molar-refractivity contribution in [2.45, 2.75) is 13.5 Å². The fraction of sp³-hybridized carbons (Fsp3) is 0.125. The Bertz CT molecular complexity index is 1570. The van der Waals surface area contributed by atoms with Crippen molar-refractivity contribution in [3.05, 3.63) is 70.3 Å². The third kappa shape index (κ3) is 3.11. The van der Waals surface area contributed by atoms with Crippen LogP contribution in [0.3, 0.4) is 0 Å². The first kappa shape index (κ1) is 19.2. The van der Waals surface area contributed by atoms with E-state index in [4.69, 9.17) is 14.5 Å². The number of aromatic nitrogens is 2. The molecule has 0 fully saturated rings. The summed E-state index contributed by atoms with van der Waals surface area (Å²) in [5, 5.41) is 2.80. The van der Waals surface area contributed by atoms with E-state index >= 15 is 0 Å². The molecular weight excluding hydrogens is 442 g/mol. The van der Waals surface area contributed by atoms with Gasteiger partial charge in [0.1, 0.15) is 0 Å². The molecule has 158 valence electrons. The average Bonchev–Trinajstić information content (AvgIpc) is 3.56. The molecule has 0 N–H and O–H groups in total. The van der Waals surface area contributed by atoms with E-state index in [1.165, 1.54) is 11.3 Å². The molecule has 6 nitrogen and oxygen atoms in total. The number of thiophene rings is 1. The average molecular weight is 460 g/mol. The van der Waals surface area contributed by atoms with Crippen molar-refractivity contribution in [3.8, 4) is 22.1 Å². The zero-order valence-electron chi connectivity index (χ0n) is 17.1. The van der Waals surface area contributed by atoms with Gasteiger partial charge in [0.15, 0.2) is 16.3 Å². The van der Waals surface area contributed by atoms with E-state index in [9.17, 15) is 4.79 Å². The lowest BCUT2D eigenvalue weighted by Gasteiger charge is -2.06. The molecule has 0 saturated carbocycles. The van der Waals surface area contributed by atoms with Crippen LogP contribution in [0.2, 0.25) is 0 Å². The van der Waals surface area contributed by atoms with Crippen LogP contribution < -0.4 is 14.3 Å². The smallest absolute Gasteiger partial charge is 0.280 e. The van der Waals surface area contributed by atoms with E-state index in [2.05, 4.69) is 4.99 Å². The quantitative estimate of drug-likeness (QED) is 0.359. The van der Waals surface area contributed by atoms with E-state index in [-0.39, 0.29) is 12.7 Å². The molecule has 6 rings (SSSR count). The predicted octanol–water partition coefficient (Wildman–Crippen LogP) is 5.47. The minimum absolute atomic E-state index is 0.232. The first-order valence-electron chi connectivity index (χ1n) is 10.2. The van der Waals surface area contributed by atoms with Crippen LogP contribution in [-0.2, 0) is 6.54 Å². The second kappa shape index (κ2) is 7.58. The summed E-state index contributed by atoms with van der Waals surface area (Å²) in [6.45, 7) is 2.95. The molecule has 0 radical (unpaired) electrons. The van der Waals surface area contributed by atoms with Crippen molar-refractivity contribution in [1.82, 2.24) is 9.55 Å². The van der Waals surface area contributed by atoms with Gasteiger partial charge in [0, 0.05) is 24.1 Å². The van der Waals surface area contributed by atoms with Gasteiger partial charge in [-0.05, 0) is 30.5 Å². The van der Waals surface area contributed by atoms with Gasteiger partial charge < -0.3 is 14.0 Å². The summed E-state index contributed by atoms with van der Waals surface area (Å²) in [6, 6.07) is 17.4. The Labute approximate surface area is 191 Å². The van der Waals surface area contributed by atoms with Crippen LogP contribution >= 0.6 is 22.7 Å². The van der Waals surface area contributed by atoms with Gasteiger partial charge in [0.2, 0.25) is 6.79 Å². The second-order valence-electron chi connectivity index (χ2n) is 7.27. The number of hydrogen-bond donors (Lipinski definition) is 0. The molecular formula is C24H17N3O3S2. The van der Waals surface area contributed by atoms with Crippen molar-refractivity contribution in [3.63, 3.8) is 0 Å². The van der Waals surface area contributed by atoms with E-state index in [0.29, 0.717) is 16.9 Å². The van der Waals surface area contributed by atoms with Crippen LogP contribution in [-0.4, -0.2) is 22.3 Å². The largest absolute Gasteiger partial charge is 0.454 e. The first-order chi connectivity index (χ1) is 15.7. The molecule has 0 atom stereocenters. The van der Waals surface area contributed by atoms with Crippen molar-refractivity contribution >= 4 is 49.7 Å². The van der Waals surface area contributed by atoms with E-state index in [0.717, 1.165) is 43.2 Å². The number of para-hydroxylation sites is 1. The zero-order chi connectivity index (χ0) is 21.7. The molecule has 5 aromatic rings. The summed E-state index contributed by atoms with van der Waals surface area (Å²) in [4.78, 5) is 24.4. The zero-order valence-corrected chi connectivity index (χ0v) is 18.7. The van der Waals surface area contributed by atoms with Gasteiger partial charge >= 0.3 is 0 Å². The van der Waals surface area contributed by atoms with Crippen LogP contribution in [0.4, 0.5) is 0 Å². The Balaban J connectivity index is 1.53. The molecule has 0 unspecified atom stereocenters. The van der Waals surface area contributed by atoms with Crippen LogP contribution in [0.1, 0.15) is 17.3 Å². The van der Waals surface area contributed by atoms with E-state index in [1.54, 1.807) is 11.3 Å². The van der Waals surface area contributed by atoms with Gasteiger partial charge in [0.25, 0.3) is 5.91 Å². The minimum Gasteiger partial charge on any atom is -0.454 e. The lowest BCUT2D eigenvalue weighted by Crippen LogP contribution is -2.16. The highest BCUT2D eigenvalue weighted by Crippen LogP contribution is 2.37. The maximum Gasteiger partial charge on any atom is 0.280 e. The second-order valence-corrected chi connectivity index (χ2v) is 9.23. The fourth-order valence-corrected chi connectivity index (χ4v) is 5.69. The number of nitrogens with zero attached hydrogens (tertiary/aromatic N) is 3. The fourth-order valence-electron chi connectivity index (χ4n) is 3.90. The van der Waals surface area contributed by atoms with Gasteiger partial charge in [-0.1, -0.05) is 35.6 Å². The highest BCUT2D eigenvalue weighted by atomic mass is 32.1. The third-order valence-electron chi connectivity index (χ3n) is 5.41. The number of carbonyl (C=O) groups excluding carboxylic acids is 1. The molecule has 0 saturated heterocycles. The van der Waals surface area contributed by atoms with Gasteiger partial charge in [0.05, 0.1) is 31.9 Å². The highest BCUT2D eigenvalue weighted by molar-refractivity contribution is 7.16. The van der Waals surface area contributed by atoms with Crippen LogP contribution in [0.25, 0.3) is 31.7 Å². The van der Waals surface area contributed by atoms with Crippen LogP contribution in [0.15, 0.2) is 65.0 Å². The molecule has 0 bridgehead atoms. The van der Waals surface area contributed by atoms with Crippen molar-refractivity contribution in [2.75, 3.05) is 6.79 Å². The molecule has 3 aromatic heterocycles. The monoisotopic (exact) mass is 459 g/mol. The number of thiazole rings is 1. The number of pyridine rings is 1. The topological polar surface area (TPSA) is 65.7 Å². The summed E-state index contributed by atoms with van der Waals surface area (Å²) in [6.07, 6.45) is 0. The Kier molecular flexibility index (Phi) is 4.55. The van der Waals surface area contributed by atoms with E-state index < -0.39 is 0 Å². The summed E-state index contributed by atoms with van der Waals surface area (Å²) in [5.41, 5.74) is 3.09. The highest BCUT2D eigenvalue weighted by Gasteiger charge is 2.19. The number of carbonyl (C=O) groups is 1. The van der Waals surface area contributed by atoms with Gasteiger partial charge in [-0.25, -0.2) is 4.98 Å². The maximum atomic E-state index is 13.4. The Hall–Kier alpha value is -3.49. The summed E-state index contributed by atoms with van der Waals surface area (Å²) in [5.74, 6) is 1.16. The van der Waals surface area contributed by atoms with E-state index in [1.807, 2.05) is 71.5 Å². The maximum absolute atomic E-state index is 13.4. The van der Waals surface area contributed by atoms with Crippen molar-refractivity contribution < 1.29 is 14.3 Å². The lowest BCUT2D eigenvalue weighted by atomic mass is 10.1. The summed E-state index contributed by atoms with van der Waals surface area (Å²) < 4.78 is 14.1. The standard InChI is InChI=1S/C24H17N3O3S2/c1-2-27-18-11-19-20(30-13-29-19)12-22(18)32-24(27)26-23(28)15-10-17(21-8-5-9-31-21)25-16-7-4-3-6-14(15)16/h3-12H,2,13H2,1H3. The number of fused-ring (bicyclic) bond motifs is 3. The number of rotatable bonds is 3. The number of benzene rings is 2. The molecule has 1 aliphatic heterocycles. The lowest BCUT2D eigenvalue weighted by molar-refractivity contribution is 0.0999. The number of hydrogen-bond acceptors (Lipinski definition) is 6. The van der Waals surface area contributed by atoms with Gasteiger partial charge in [-0.2, -0.15) is 4.99 Å². The number of aryl methyl sites for hydroxylation is 1. The molecule has 1 amide bonds. The van der Waals surface area contributed by atoms with Crippen molar-refractivity contribution in [1.29, 1.82) is 0 Å². The number of ether oxygens (including phenoxy) is 2. The summed E-state index contributed by atoms with van der Waals surface area (Å²) >= 11 is 3.07. The Morgan fingerprint density at radius 3 is 2.78 bits per heavy atom. The molecule has 0 spiro atoms. The summed E-state index contributed by atoms with van der Waals surface area (Å²) in [7, 11) is 0. The molecule has 0 aliphatic carbocycles. The Morgan fingerprint density at radius 2 is 1.97 bits per heavy atom. The van der Waals surface area contributed by atoms with Gasteiger partial charge in [-0.3, -0.25) is 4.79 Å². The first-order valence-corrected chi connectivity index (χ1v) is 11.9. The third-order valence-corrected chi connectivity index (χ3v) is 7.34. The van der Waals surface area contributed by atoms with Crippen LogP contribution in [0.5, 0.6) is 11.5 Å². The molecule has 8 heteroatoms. The SMILES string of the molecule is CCn1c(=NC(=O)c2cc(-c3cccs3)nc3ccccc23)sc2cc3c(cc21)OCO3. The Morgan fingerprint density at radius 1 is 1.12 bits per heavy atom. The predicted molar refractivity (Wildman–Crippen MR) is 127 cm³/mol. The van der Waals surface area contributed by atoms with Crippen LogP contribution in [0, 0.1) is 0 Å². The molecule has 2 aromatic carbocycles. The normalized spacial score (nSPS) is 13.3. The number of amides is 1. The molecule has 1 aliphatic rings. The molecule has 32 heavy (non-hydrogen) atoms. The molecule has 4 heterocycles.